The molecule has 2 nitrogen and oxygen atoms in total. The van der Waals surface area contributed by atoms with E-state index in [0.717, 1.165) is 31.2 Å². The Morgan fingerprint density at radius 1 is 0.882 bits per heavy atom. The Labute approximate surface area is 208 Å². The van der Waals surface area contributed by atoms with Gasteiger partial charge in [-0.15, -0.1) is 0 Å². The summed E-state index contributed by atoms with van der Waals surface area (Å²) in [6, 6.07) is 35.0. The van der Waals surface area contributed by atoms with E-state index >= 15 is 0 Å². The summed E-state index contributed by atoms with van der Waals surface area (Å²) in [7, 11) is 0. The molecule has 1 aliphatic heterocycles. The van der Waals surface area contributed by atoms with Gasteiger partial charge in [-0.25, -0.2) is 0 Å². The Morgan fingerprint density at radius 2 is 1.62 bits per heavy atom. The van der Waals surface area contributed by atoms with Gasteiger partial charge < -0.3 is 5.32 Å². The predicted octanol–water partition coefficient (Wildman–Crippen LogP) is 7.45. The van der Waals surface area contributed by atoms with E-state index in [2.05, 4.69) is 102 Å². The second-order valence-electron chi connectivity index (χ2n) is 9.63. The van der Waals surface area contributed by atoms with Gasteiger partial charge >= 0.3 is 0 Å². The zero-order valence-electron chi connectivity index (χ0n) is 19.8. The summed E-state index contributed by atoms with van der Waals surface area (Å²) in [5.41, 5.74) is 4.18. The first-order chi connectivity index (χ1) is 16.7. The maximum Gasteiger partial charge on any atom is 0.0406 e. The van der Waals surface area contributed by atoms with Crippen LogP contribution in [-0.4, -0.2) is 24.5 Å². The summed E-state index contributed by atoms with van der Waals surface area (Å²) in [6.45, 7) is 6.50. The molecule has 0 bridgehead atoms. The van der Waals surface area contributed by atoms with Gasteiger partial charge in [-0.3, -0.25) is 4.90 Å². The van der Waals surface area contributed by atoms with Crippen LogP contribution in [0.25, 0.3) is 10.8 Å². The highest BCUT2D eigenvalue weighted by Gasteiger charge is 2.30. The number of nitrogens with one attached hydrogen (secondary N) is 1. The lowest BCUT2D eigenvalue weighted by Gasteiger charge is -2.39. The summed E-state index contributed by atoms with van der Waals surface area (Å²) in [5.74, 6) is 1.13. The van der Waals surface area contributed by atoms with Crippen LogP contribution < -0.4 is 5.32 Å². The standard InChI is InChI=1S/C31H33ClN2/c1-23(29-13-7-11-26-10-5-6-12-31(26)29)33-20-27-22-34(21-24-14-16-28(32)17-15-24)19-18-30(27)25-8-3-2-4-9-25/h2-17,23,27,30,33H,18-22H2,1H3/t23-,27?,30?/m1/s1. The molecule has 1 aliphatic rings. The summed E-state index contributed by atoms with van der Waals surface area (Å²) in [5, 5.41) is 7.36. The minimum Gasteiger partial charge on any atom is -0.310 e. The molecule has 4 aromatic carbocycles. The summed E-state index contributed by atoms with van der Waals surface area (Å²) in [6.07, 6.45) is 1.19. The third-order valence-corrected chi connectivity index (χ3v) is 7.59. The summed E-state index contributed by atoms with van der Waals surface area (Å²) >= 11 is 6.10. The molecule has 2 unspecified atom stereocenters. The third kappa shape index (κ3) is 5.36. The fourth-order valence-corrected chi connectivity index (χ4v) is 5.64. The number of piperidine rings is 1. The van der Waals surface area contributed by atoms with Crippen molar-refractivity contribution in [3.8, 4) is 0 Å². The molecule has 1 N–H and O–H groups in total. The average molecular weight is 469 g/mol. The molecule has 174 valence electrons. The fourth-order valence-electron chi connectivity index (χ4n) is 5.51. The van der Waals surface area contributed by atoms with Gasteiger partial charge in [-0.2, -0.15) is 0 Å². The van der Waals surface area contributed by atoms with Crippen molar-refractivity contribution >= 4 is 22.4 Å². The Kier molecular flexibility index (Phi) is 7.30. The second-order valence-corrected chi connectivity index (χ2v) is 10.1. The van der Waals surface area contributed by atoms with Gasteiger partial charge in [0.15, 0.2) is 0 Å². The highest BCUT2D eigenvalue weighted by atomic mass is 35.5. The van der Waals surface area contributed by atoms with Crippen LogP contribution in [0.3, 0.4) is 0 Å². The number of hydrogen-bond donors (Lipinski definition) is 1. The van der Waals surface area contributed by atoms with Gasteiger partial charge in [-0.05, 0) is 71.3 Å². The van der Waals surface area contributed by atoms with Crippen LogP contribution in [0.1, 0.15) is 42.0 Å². The minimum atomic E-state index is 0.300. The average Bonchev–Trinajstić information content (AvgIpc) is 2.89. The summed E-state index contributed by atoms with van der Waals surface area (Å²) in [4.78, 5) is 2.61. The van der Waals surface area contributed by atoms with E-state index in [0.29, 0.717) is 17.9 Å². The van der Waals surface area contributed by atoms with Crippen molar-refractivity contribution in [2.24, 2.45) is 5.92 Å². The number of fused-ring (bicyclic) bond motifs is 1. The lowest BCUT2D eigenvalue weighted by Crippen LogP contribution is -2.43. The molecule has 0 saturated carbocycles. The molecule has 4 aromatic rings. The molecule has 0 amide bonds. The number of hydrogen-bond acceptors (Lipinski definition) is 2. The van der Waals surface area contributed by atoms with Crippen LogP contribution in [0.4, 0.5) is 0 Å². The largest absolute Gasteiger partial charge is 0.310 e. The van der Waals surface area contributed by atoms with Gasteiger partial charge in [-0.1, -0.05) is 96.5 Å². The molecule has 0 spiro atoms. The van der Waals surface area contributed by atoms with Crippen LogP contribution in [0.5, 0.6) is 0 Å². The van der Waals surface area contributed by atoms with Crippen molar-refractivity contribution < 1.29 is 0 Å². The Bertz CT molecular complexity index is 1200. The number of benzene rings is 4. The lowest BCUT2D eigenvalue weighted by molar-refractivity contribution is 0.143. The SMILES string of the molecule is C[C@@H](NCC1CN(Cc2ccc(Cl)cc2)CCC1c1ccccc1)c1cccc2ccccc12. The van der Waals surface area contributed by atoms with E-state index in [9.17, 15) is 0 Å². The van der Waals surface area contributed by atoms with Crippen LogP contribution in [0, 0.1) is 5.92 Å². The van der Waals surface area contributed by atoms with Crippen LogP contribution in [0.2, 0.25) is 5.02 Å². The first-order valence-corrected chi connectivity index (χ1v) is 12.8. The molecule has 34 heavy (non-hydrogen) atoms. The molecule has 1 heterocycles. The number of rotatable bonds is 7. The maximum atomic E-state index is 6.10. The quantitative estimate of drug-likeness (QED) is 0.303. The second kappa shape index (κ2) is 10.7. The molecule has 0 aliphatic carbocycles. The van der Waals surface area contributed by atoms with E-state index in [-0.39, 0.29) is 0 Å². The normalized spacial score (nSPS) is 19.8. The van der Waals surface area contributed by atoms with Crippen molar-refractivity contribution in [2.45, 2.75) is 31.8 Å². The summed E-state index contributed by atoms with van der Waals surface area (Å²) < 4.78 is 0. The lowest BCUT2D eigenvalue weighted by atomic mass is 9.80. The molecule has 0 radical (unpaired) electrons. The molecule has 5 rings (SSSR count). The first-order valence-electron chi connectivity index (χ1n) is 12.4. The number of nitrogens with zero attached hydrogens (tertiary/aromatic N) is 1. The molecule has 0 aromatic heterocycles. The molecule has 3 atom stereocenters. The third-order valence-electron chi connectivity index (χ3n) is 7.34. The Morgan fingerprint density at radius 3 is 2.44 bits per heavy atom. The Hall–Kier alpha value is -2.65. The molecule has 3 heteroatoms. The van der Waals surface area contributed by atoms with E-state index in [1.807, 2.05) is 12.1 Å². The van der Waals surface area contributed by atoms with Gasteiger partial charge in [0.25, 0.3) is 0 Å². The molecule has 1 fully saturated rings. The van der Waals surface area contributed by atoms with Gasteiger partial charge in [0.05, 0.1) is 0 Å². The number of halogens is 1. The molecular formula is C31H33ClN2. The van der Waals surface area contributed by atoms with Crippen molar-refractivity contribution in [3.05, 3.63) is 119 Å². The van der Waals surface area contributed by atoms with E-state index < -0.39 is 0 Å². The topological polar surface area (TPSA) is 15.3 Å². The highest BCUT2D eigenvalue weighted by Crippen LogP contribution is 2.34. The van der Waals surface area contributed by atoms with E-state index in [1.165, 1.54) is 33.9 Å². The Balaban J connectivity index is 1.32. The van der Waals surface area contributed by atoms with Crippen molar-refractivity contribution in [1.82, 2.24) is 10.2 Å². The minimum absolute atomic E-state index is 0.300. The van der Waals surface area contributed by atoms with Crippen molar-refractivity contribution in [1.29, 1.82) is 0 Å². The smallest absolute Gasteiger partial charge is 0.0406 e. The van der Waals surface area contributed by atoms with Crippen LogP contribution >= 0.6 is 11.6 Å². The monoisotopic (exact) mass is 468 g/mol. The van der Waals surface area contributed by atoms with Crippen molar-refractivity contribution in [2.75, 3.05) is 19.6 Å². The van der Waals surface area contributed by atoms with E-state index in [1.54, 1.807) is 0 Å². The van der Waals surface area contributed by atoms with Crippen LogP contribution in [0.15, 0.2) is 97.1 Å². The first kappa shape index (κ1) is 23.1. The van der Waals surface area contributed by atoms with Gasteiger partial charge in [0, 0.05) is 30.7 Å². The zero-order valence-corrected chi connectivity index (χ0v) is 20.6. The molecule has 1 saturated heterocycles. The molecular weight excluding hydrogens is 436 g/mol. The highest BCUT2D eigenvalue weighted by molar-refractivity contribution is 6.30. The van der Waals surface area contributed by atoms with Crippen molar-refractivity contribution in [3.63, 3.8) is 0 Å². The van der Waals surface area contributed by atoms with Gasteiger partial charge in [0.1, 0.15) is 0 Å². The van der Waals surface area contributed by atoms with Gasteiger partial charge in [0.2, 0.25) is 0 Å². The van der Waals surface area contributed by atoms with Crippen LogP contribution in [-0.2, 0) is 6.54 Å². The fraction of sp³-hybridized carbons (Fsp3) is 0.290. The van der Waals surface area contributed by atoms with E-state index in [4.69, 9.17) is 11.6 Å². The number of likely N-dealkylation sites (tertiary alicyclic amines) is 1. The zero-order chi connectivity index (χ0) is 23.3. The predicted molar refractivity (Wildman–Crippen MR) is 144 cm³/mol. The maximum absolute atomic E-state index is 6.10.